The molecule has 3 aromatic carbocycles. The molecule has 1 heterocycles. The van der Waals surface area contributed by atoms with Crippen molar-refractivity contribution in [3.63, 3.8) is 0 Å². The lowest BCUT2D eigenvalue weighted by Crippen LogP contribution is -2.29. The number of nitrogens with zero attached hydrogens (tertiary/aromatic N) is 2. The number of sulfonamides is 1. The monoisotopic (exact) mass is 495 g/mol. The number of anilines is 2. The van der Waals surface area contributed by atoms with Crippen molar-refractivity contribution in [1.29, 1.82) is 0 Å². The summed E-state index contributed by atoms with van der Waals surface area (Å²) in [6.45, 7) is 2.65. The van der Waals surface area contributed by atoms with Crippen LogP contribution in [-0.2, 0) is 23.1 Å². The van der Waals surface area contributed by atoms with Crippen LogP contribution >= 0.6 is 0 Å². The van der Waals surface area contributed by atoms with Crippen molar-refractivity contribution in [2.75, 3.05) is 28.6 Å². The summed E-state index contributed by atoms with van der Waals surface area (Å²) >= 11 is 0. The minimum Gasteiger partial charge on any atom is -0.372 e. The molecule has 1 fully saturated rings. The van der Waals surface area contributed by atoms with Gasteiger partial charge in [0.2, 0.25) is 10.0 Å². The van der Waals surface area contributed by atoms with Crippen molar-refractivity contribution in [2.45, 2.75) is 32.4 Å². The average molecular weight is 496 g/mol. The van der Waals surface area contributed by atoms with Crippen LogP contribution in [0.4, 0.5) is 15.8 Å². The van der Waals surface area contributed by atoms with E-state index in [1.165, 1.54) is 41.4 Å². The summed E-state index contributed by atoms with van der Waals surface area (Å²) in [4.78, 5) is 15.0. The molecule has 0 saturated carbocycles. The van der Waals surface area contributed by atoms with Crippen LogP contribution in [0.1, 0.15) is 40.7 Å². The molecule has 4 rings (SSSR count). The molecule has 0 spiro atoms. The Morgan fingerprint density at radius 2 is 1.49 bits per heavy atom. The third-order valence-electron chi connectivity index (χ3n) is 6.17. The van der Waals surface area contributed by atoms with Crippen LogP contribution in [0, 0.1) is 5.82 Å². The number of amides is 1. The molecule has 184 valence electrons. The van der Waals surface area contributed by atoms with E-state index in [1.54, 1.807) is 36.4 Å². The minimum atomic E-state index is -3.58. The van der Waals surface area contributed by atoms with E-state index in [1.807, 2.05) is 12.1 Å². The van der Waals surface area contributed by atoms with Gasteiger partial charge >= 0.3 is 0 Å². The topological polar surface area (TPSA) is 69.7 Å². The molecule has 0 radical (unpaired) electrons. The number of hydrogen-bond acceptors (Lipinski definition) is 4. The van der Waals surface area contributed by atoms with Crippen molar-refractivity contribution in [3.05, 3.63) is 95.3 Å². The Morgan fingerprint density at radius 1 is 0.886 bits per heavy atom. The number of piperidine rings is 1. The van der Waals surface area contributed by atoms with E-state index in [4.69, 9.17) is 0 Å². The van der Waals surface area contributed by atoms with Crippen molar-refractivity contribution in [2.24, 2.45) is 0 Å². The van der Waals surface area contributed by atoms with Gasteiger partial charge < -0.3 is 10.2 Å². The molecular formula is C27H30FN3O3S. The van der Waals surface area contributed by atoms with Gasteiger partial charge in [0.15, 0.2) is 0 Å². The van der Waals surface area contributed by atoms with Crippen LogP contribution in [0.3, 0.4) is 0 Å². The van der Waals surface area contributed by atoms with Gasteiger partial charge in [-0.3, -0.25) is 9.10 Å². The van der Waals surface area contributed by atoms with Crippen molar-refractivity contribution in [3.8, 4) is 0 Å². The normalized spacial score (nSPS) is 13.9. The predicted octanol–water partition coefficient (Wildman–Crippen LogP) is 4.71. The number of carbonyl (C=O) groups excluding carboxylic acids is 1. The molecule has 8 heteroatoms. The van der Waals surface area contributed by atoms with E-state index < -0.39 is 10.0 Å². The maximum atomic E-state index is 13.2. The highest BCUT2D eigenvalue weighted by atomic mass is 32.2. The molecule has 1 amide bonds. The van der Waals surface area contributed by atoms with E-state index in [-0.39, 0.29) is 18.3 Å². The number of rotatable bonds is 8. The largest absolute Gasteiger partial charge is 0.372 e. The number of carbonyl (C=O) groups is 1. The van der Waals surface area contributed by atoms with Crippen LogP contribution in [0.25, 0.3) is 0 Å². The molecule has 1 aliphatic heterocycles. The van der Waals surface area contributed by atoms with E-state index in [2.05, 4.69) is 22.3 Å². The van der Waals surface area contributed by atoms with Gasteiger partial charge in [0, 0.05) is 30.9 Å². The lowest BCUT2D eigenvalue weighted by atomic mass is 10.1. The molecule has 0 aliphatic carbocycles. The highest BCUT2D eigenvalue weighted by Gasteiger charge is 2.19. The van der Waals surface area contributed by atoms with E-state index in [9.17, 15) is 17.6 Å². The van der Waals surface area contributed by atoms with Gasteiger partial charge in [-0.1, -0.05) is 24.3 Å². The summed E-state index contributed by atoms with van der Waals surface area (Å²) in [6.07, 6.45) is 4.87. The summed E-state index contributed by atoms with van der Waals surface area (Å²) in [5.74, 6) is -0.617. The van der Waals surface area contributed by atoms with Gasteiger partial charge in [-0.25, -0.2) is 12.8 Å². The van der Waals surface area contributed by atoms with Gasteiger partial charge in [-0.05, 0) is 78.9 Å². The third kappa shape index (κ3) is 6.60. The number of hydrogen-bond donors (Lipinski definition) is 1. The summed E-state index contributed by atoms with van der Waals surface area (Å²) in [5.41, 5.74) is 3.75. The summed E-state index contributed by atoms with van der Waals surface area (Å²) in [7, 11) is -3.58. The second-order valence-corrected chi connectivity index (χ2v) is 10.7. The van der Waals surface area contributed by atoms with Gasteiger partial charge in [0.25, 0.3) is 5.91 Å². The molecular weight excluding hydrogens is 465 g/mol. The molecule has 1 N–H and O–H groups in total. The zero-order valence-electron chi connectivity index (χ0n) is 19.8. The molecule has 0 aromatic heterocycles. The van der Waals surface area contributed by atoms with Gasteiger partial charge in [0.05, 0.1) is 18.5 Å². The van der Waals surface area contributed by atoms with Crippen LogP contribution in [0.15, 0.2) is 72.8 Å². The van der Waals surface area contributed by atoms with E-state index >= 15 is 0 Å². The highest BCUT2D eigenvalue weighted by molar-refractivity contribution is 7.92. The maximum absolute atomic E-state index is 13.2. The fourth-order valence-corrected chi connectivity index (χ4v) is 5.08. The maximum Gasteiger partial charge on any atom is 0.251 e. The summed E-state index contributed by atoms with van der Waals surface area (Å²) in [6, 6.07) is 20.4. The second-order valence-electron chi connectivity index (χ2n) is 8.84. The first-order chi connectivity index (χ1) is 16.8. The SMILES string of the molecule is CS(=O)(=O)N(Cc1ccc(F)cc1)c1ccc(C(=O)NCc2ccc(N3CCCCC3)cc2)cc1. The first-order valence-corrected chi connectivity index (χ1v) is 13.6. The van der Waals surface area contributed by atoms with Crippen molar-refractivity contribution < 1.29 is 17.6 Å². The molecule has 0 unspecified atom stereocenters. The Morgan fingerprint density at radius 3 is 2.09 bits per heavy atom. The first kappa shape index (κ1) is 24.7. The Labute approximate surface area is 206 Å². The highest BCUT2D eigenvalue weighted by Crippen LogP contribution is 2.22. The Balaban J connectivity index is 1.38. The second kappa shape index (κ2) is 10.9. The van der Waals surface area contributed by atoms with Gasteiger partial charge in [-0.15, -0.1) is 0 Å². The molecule has 0 bridgehead atoms. The van der Waals surface area contributed by atoms with Gasteiger partial charge in [-0.2, -0.15) is 0 Å². The first-order valence-electron chi connectivity index (χ1n) is 11.7. The quantitative estimate of drug-likeness (QED) is 0.491. The van der Waals surface area contributed by atoms with Crippen LogP contribution in [0.2, 0.25) is 0 Å². The van der Waals surface area contributed by atoms with E-state index in [0.717, 1.165) is 24.9 Å². The smallest absolute Gasteiger partial charge is 0.251 e. The minimum absolute atomic E-state index is 0.0675. The Bertz CT molecular complexity index is 1240. The summed E-state index contributed by atoms with van der Waals surface area (Å²) in [5, 5.41) is 2.92. The van der Waals surface area contributed by atoms with Crippen LogP contribution < -0.4 is 14.5 Å². The lowest BCUT2D eigenvalue weighted by Gasteiger charge is -2.28. The standard InChI is InChI=1S/C27H30FN3O3S/c1-35(33,34)31(20-22-5-11-24(28)12-6-22)26-15-9-23(10-16-26)27(32)29-19-21-7-13-25(14-8-21)30-17-3-2-4-18-30/h5-16H,2-4,17-20H2,1H3,(H,29,32). The molecule has 6 nitrogen and oxygen atoms in total. The molecule has 1 aliphatic rings. The van der Waals surface area contributed by atoms with Crippen LogP contribution in [0.5, 0.6) is 0 Å². The number of benzene rings is 3. The molecule has 1 saturated heterocycles. The zero-order chi connectivity index (χ0) is 24.8. The lowest BCUT2D eigenvalue weighted by molar-refractivity contribution is 0.0951. The Hall–Kier alpha value is -3.39. The number of nitrogens with one attached hydrogen (secondary N) is 1. The van der Waals surface area contributed by atoms with Crippen LogP contribution in [-0.4, -0.2) is 33.7 Å². The molecule has 35 heavy (non-hydrogen) atoms. The number of halogens is 1. The summed E-state index contributed by atoms with van der Waals surface area (Å²) < 4.78 is 39.2. The van der Waals surface area contributed by atoms with Crippen molar-refractivity contribution in [1.82, 2.24) is 5.32 Å². The zero-order valence-corrected chi connectivity index (χ0v) is 20.6. The molecule has 3 aromatic rings. The molecule has 0 atom stereocenters. The Kier molecular flexibility index (Phi) is 7.70. The average Bonchev–Trinajstić information content (AvgIpc) is 2.87. The fraction of sp³-hybridized carbons (Fsp3) is 0.296. The third-order valence-corrected chi connectivity index (χ3v) is 7.31. The van der Waals surface area contributed by atoms with Gasteiger partial charge in [0.1, 0.15) is 5.82 Å². The fourth-order valence-electron chi connectivity index (χ4n) is 4.20. The van der Waals surface area contributed by atoms with E-state index in [0.29, 0.717) is 23.4 Å². The predicted molar refractivity (Wildman–Crippen MR) is 138 cm³/mol. The van der Waals surface area contributed by atoms with Crippen molar-refractivity contribution >= 4 is 27.3 Å².